The molecule has 3 N–H and O–H groups in total. The second-order valence-electron chi connectivity index (χ2n) is 6.70. The molecular formula is C19H36O5. The van der Waals surface area contributed by atoms with Crippen LogP contribution in [0.15, 0.2) is 12.3 Å². The summed E-state index contributed by atoms with van der Waals surface area (Å²) in [5, 5.41) is 28.4. The molecular weight excluding hydrogens is 308 g/mol. The first-order valence-corrected chi connectivity index (χ1v) is 9.59. The van der Waals surface area contributed by atoms with Crippen LogP contribution in [0.3, 0.4) is 0 Å². The van der Waals surface area contributed by atoms with Gasteiger partial charge in [0.15, 0.2) is 6.10 Å². The zero-order chi connectivity index (χ0) is 17.6. The Morgan fingerprint density at radius 1 is 1.08 bits per heavy atom. The molecule has 5 heteroatoms. The normalized spacial score (nSPS) is 25.4. The van der Waals surface area contributed by atoms with Gasteiger partial charge in [-0.15, -0.1) is 0 Å². The molecule has 0 amide bonds. The number of aliphatic hydroxyl groups excluding tert-OH is 3. The summed E-state index contributed by atoms with van der Waals surface area (Å²) in [6.45, 7) is 1.96. The topological polar surface area (TPSA) is 79.2 Å². The molecule has 0 aromatic carbocycles. The molecule has 0 aromatic rings. The molecule has 142 valence electrons. The van der Waals surface area contributed by atoms with Gasteiger partial charge in [-0.2, -0.15) is 0 Å². The molecule has 0 aromatic heterocycles. The predicted octanol–water partition coefficient (Wildman–Crippen LogP) is 2.92. The molecule has 5 nitrogen and oxygen atoms in total. The van der Waals surface area contributed by atoms with Gasteiger partial charge in [0.1, 0.15) is 18.3 Å². The smallest absolute Gasteiger partial charge is 0.154 e. The van der Waals surface area contributed by atoms with E-state index in [0.29, 0.717) is 0 Å². The fourth-order valence-corrected chi connectivity index (χ4v) is 3.01. The third-order valence-electron chi connectivity index (χ3n) is 4.54. The van der Waals surface area contributed by atoms with Crippen molar-refractivity contribution in [2.75, 3.05) is 13.2 Å². The van der Waals surface area contributed by atoms with E-state index in [-0.39, 0.29) is 6.61 Å². The Kier molecular flexibility index (Phi) is 12.2. The van der Waals surface area contributed by atoms with Crippen LogP contribution in [0, 0.1) is 0 Å². The third kappa shape index (κ3) is 8.47. The van der Waals surface area contributed by atoms with Crippen LogP contribution in [0.1, 0.15) is 71.1 Å². The first-order valence-electron chi connectivity index (χ1n) is 9.59. The van der Waals surface area contributed by atoms with Crippen LogP contribution in [0.4, 0.5) is 0 Å². The Morgan fingerprint density at radius 2 is 1.71 bits per heavy atom. The molecule has 24 heavy (non-hydrogen) atoms. The zero-order valence-electron chi connectivity index (χ0n) is 15.1. The minimum atomic E-state index is -1.03. The van der Waals surface area contributed by atoms with E-state index >= 15 is 0 Å². The molecule has 1 rings (SSSR count). The van der Waals surface area contributed by atoms with E-state index < -0.39 is 31.0 Å². The van der Waals surface area contributed by atoms with E-state index in [1.807, 2.05) is 6.08 Å². The fraction of sp³-hybridized carbons (Fsp3) is 0.895. The van der Waals surface area contributed by atoms with E-state index in [1.54, 1.807) is 6.26 Å². The number of unbranched alkanes of at least 4 members (excludes halogenated alkanes) is 9. The maximum Gasteiger partial charge on any atom is 0.154 e. The van der Waals surface area contributed by atoms with Crippen LogP contribution in [0.25, 0.3) is 0 Å². The molecule has 1 aliphatic heterocycles. The number of hydrogen-bond donors (Lipinski definition) is 3. The fourth-order valence-electron chi connectivity index (χ4n) is 3.01. The average Bonchev–Trinajstić information content (AvgIpc) is 2.96. The number of ether oxygens (including phenoxy) is 2. The second kappa shape index (κ2) is 13.6. The van der Waals surface area contributed by atoms with Gasteiger partial charge >= 0.3 is 0 Å². The summed E-state index contributed by atoms with van der Waals surface area (Å²) in [6.07, 6.45) is 13.2. The van der Waals surface area contributed by atoms with Crippen LogP contribution >= 0.6 is 0 Å². The number of aliphatic hydroxyl groups is 3. The summed E-state index contributed by atoms with van der Waals surface area (Å²) in [5.41, 5.74) is 0. The van der Waals surface area contributed by atoms with Crippen LogP contribution < -0.4 is 0 Å². The van der Waals surface area contributed by atoms with Crippen LogP contribution in [-0.4, -0.2) is 52.9 Å². The molecule has 1 aliphatic rings. The highest BCUT2D eigenvalue weighted by atomic mass is 16.6. The van der Waals surface area contributed by atoms with Gasteiger partial charge < -0.3 is 24.8 Å². The van der Waals surface area contributed by atoms with Crippen molar-refractivity contribution in [1.82, 2.24) is 0 Å². The predicted molar refractivity (Wildman–Crippen MR) is 94.7 cm³/mol. The van der Waals surface area contributed by atoms with Crippen LogP contribution in [0.5, 0.6) is 0 Å². The van der Waals surface area contributed by atoms with Crippen molar-refractivity contribution in [3.8, 4) is 0 Å². The lowest BCUT2D eigenvalue weighted by Crippen LogP contribution is -2.41. The van der Waals surface area contributed by atoms with Crippen LogP contribution in [0.2, 0.25) is 0 Å². The van der Waals surface area contributed by atoms with Gasteiger partial charge in [-0.05, 0) is 18.9 Å². The largest absolute Gasteiger partial charge is 0.493 e. The van der Waals surface area contributed by atoms with E-state index in [1.165, 1.54) is 51.4 Å². The Hall–Kier alpha value is -0.620. The molecule has 4 atom stereocenters. The Bertz CT molecular complexity index is 321. The van der Waals surface area contributed by atoms with Gasteiger partial charge in [-0.3, -0.25) is 0 Å². The first kappa shape index (κ1) is 21.4. The lowest BCUT2D eigenvalue weighted by atomic mass is 10.1. The summed E-state index contributed by atoms with van der Waals surface area (Å²) in [4.78, 5) is 0. The first-order chi connectivity index (χ1) is 11.7. The van der Waals surface area contributed by atoms with E-state index in [9.17, 15) is 10.2 Å². The maximum absolute atomic E-state index is 9.80. The van der Waals surface area contributed by atoms with Crippen LogP contribution in [-0.2, 0) is 9.47 Å². The molecule has 1 heterocycles. The molecule has 1 saturated heterocycles. The Labute approximate surface area is 146 Å². The summed E-state index contributed by atoms with van der Waals surface area (Å²) in [5.74, 6) is 0. The summed E-state index contributed by atoms with van der Waals surface area (Å²) >= 11 is 0. The molecule has 1 fully saturated rings. The standard InChI is InChI=1S/C19H36O5/c1-2-3-4-5-6-7-8-9-10-11-12-13-23-19-17(22)15-24-18(19)16(21)14-20/h12-13,16-22H,2-11,14-15H2,1H3/b13-12+/t16-,17+,18+,19+/m0/s1. The van der Waals surface area contributed by atoms with Crippen molar-refractivity contribution < 1.29 is 24.8 Å². The highest BCUT2D eigenvalue weighted by Gasteiger charge is 2.41. The minimum absolute atomic E-state index is 0.124. The monoisotopic (exact) mass is 344 g/mol. The highest BCUT2D eigenvalue weighted by Crippen LogP contribution is 2.21. The Balaban J connectivity index is 2.02. The highest BCUT2D eigenvalue weighted by molar-refractivity contribution is 4.91. The van der Waals surface area contributed by atoms with Gasteiger partial charge in [0.05, 0.1) is 19.5 Å². The molecule has 0 spiro atoms. The van der Waals surface area contributed by atoms with Gasteiger partial charge in [-0.25, -0.2) is 0 Å². The summed E-state index contributed by atoms with van der Waals surface area (Å²) < 4.78 is 10.8. The lowest BCUT2D eigenvalue weighted by molar-refractivity contribution is -0.0721. The molecule has 0 radical (unpaired) electrons. The summed E-state index contributed by atoms with van der Waals surface area (Å²) in [6, 6.07) is 0. The molecule has 0 saturated carbocycles. The number of allylic oxidation sites excluding steroid dienone is 1. The van der Waals surface area contributed by atoms with Gasteiger partial charge in [-0.1, -0.05) is 58.3 Å². The molecule has 0 bridgehead atoms. The van der Waals surface area contributed by atoms with Crippen molar-refractivity contribution >= 4 is 0 Å². The van der Waals surface area contributed by atoms with E-state index in [4.69, 9.17) is 14.6 Å². The average molecular weight is 344 g/mol. The van der Waals surface area contributed by atoms with Crippen molar-refractivity contribution in [2.24, 2.45) is 0 Å². The van der Waals surface area contributed by atoms with Crippen molar-refractivity contribution in [2.45, 2.75) is 95.5 Å². The minimum Gasteiger partial charge on any atom is -0.493 e. The van der Waals surface area contributed by atoms with E-state index in [0.717, 1.165) is 12.8 Å². The number of hydrogen-bond acceptors (Lipinski definition) is 5. The van der Waals surface area contributed by atoms with Gasteiger partial charge in [0, 0.05) is 0 Å². The zero-order valence-corrected chi connectivity index (χ0v) is 15.1. The number of rotatable bonds is 14. The lowest BCUT2D eigenvalue weighted by Gasteiger charge is -2.22. The van der Waals surface area contributed by atoms with Gasteiger partial charge in [0.25, 0.3) is 0 Å². The van der Waals surface area contributed by atoms with Gasteiger partial charge in [0.2, 0.25) is 0 Å². The molecule has 0 aliphatic carbocycles. The SMILES string of the molecule is CCCCCCCCCCC/C=C/O[C@H]1[C@@H]([C@@H](O)CO)OC[C@H]1O. The maximum atomic E-state index is 9.80. The van der Waals surface area contributed by atoms with Crippen molar-refractivity contribution in [1.29, 1.82) is 0 Å². The third-order valence-corrected chi connectivity index (χ3v) is 4.54. The van der Waals surface area contributed by atoms with Crippen molar-refractivity contribution in [3.05, 3.63) is 12.3 Å². The molecule has 0 unspecified atom stereocenters. The quantitative estimate of drug-likeness (QED) is 0.333. The van der Waals surface area contributed by atoms with E-state index in [2.05, 4.69) is 6.92 Å². The second-order valence-corrected chi connectivity index (χ2v) is 6.70. The van der Waals surface area contributed by atoms with Crippen molar-refractivity contribution in [3.63, 3.8) is 0 Å². The summed E-state index contributed by atoms with van der Waals surface area (Å²) in [7, 11) is 0. The Morgan fingerprint density at radius 3 is 2.33 bits per heavy atom.